The van der Waals surface area contributed by atoms with Gasteiger partial charge < -0.3 is 10.7 Å². The monoisotopic (exact) mass is 372 g/mol. The Hall–Kier alpha value is -3.14. The van der Waals surface area contributed by atoms with Gasteiger partial charge >= 0.3 is 5.69 Å². The quantitative estimate of drug-likeness (QED) is 0.525. The third-order valence-electron chi connectivity index (χ3n) is 3.47. The Kier molecular flexibility index (Phi) is 5.03. The molecule has 2 heterocycles. The number of nitrogens with one attached hydrogen (secondary N) is 2. The summed E-state index contributed by atoms with van der Waals surface area (Å²) in [5.74, 6) is 0.115. The van der Waals surface area contributed by atoms with Gasteiger partial charge in [-0.1, -0.05) is 23.9 Å². The molecule has 0 saturated heterocycles. The largest absolute Gasteiger partial charge is 0.369 e. The van der Waals surface area contributed by atoms with E-state index in [1.54, 1.807) is 4.57 Å². The lowest BCUT2D eigenvalue weighted by atomic mass is 10.2. The second-order valence-electron chi connectivity index (χ2n) is 5.62. The number of amides is 1. The zero-order valence-corrected chi connectivity index (χ0v) is 14.7. The van der Waals surface area contributed by atoms with Crippen molar-refractivity contribution in [1.82, 2.24) is 24.7 Å². The summed E-state index contributed by atoms with van der Waals surface area (Å²) in [6.45, 7) is 1.96. The van der Waals surface area contributed by atoms with Gasteiger partial charge in [0.05, 0.1) is 5.75 Å². The van der Waals surface area contributed by atoms with E-state index in [2.05, 4.69) is 20.2 Å². The van der Waals surface area contributed by atoms with Crippen molar-refractivity contribution in [2.75, 3.05) is 5.75 Å². The summed E-state index contributed by atoms with van der Waals surface area (Å²) >= 11 is 1.17. The van der Waals surface area contributed by atoms with E-state index >= 15 is 0 Å². The van der Waals surface area contributed by atoms with Crippen LogP contribution in [0, 0.1) is 6.92 Å². The summed E-state index contributed by atoms with van der Waals surface area (Å²) in [6.07, 6.45) is 0.192. The Labute approximate surface area is 151 Å². The first-order valence-corrected chi connectivity index (χ1v) is 8.66. The average molecular weight is 372 g/mol. The average Bonchev–Trinajstić information content (AvgIpc) is 2.94. The van der Waals surface area contributed by atoms with E-state index in [-0.39, 0.29) is 12.2 Å². The molecule has 0 atom stereocenters. The van der Waals surface area contributed by atoms with Crippen LogP contribution in [0.4, 0.5) is 0 Å². The van der Waals surface area contributed by atoms with Gasteiger partial charge in [-0.2, -0.15) is 0 Å². The van der Waals surface area contributed by atoms with Crippen LogP contribution in [0.3, 0.4) is 0 Å². The fourth-order valence-corrected chi connectivity index (χ4v) is 3.17. The summed E-state index contributed by atoms with van der Waals surface area (Å²) in [5, 5.41) is 8.78. The Morgan fingerprint density at radius 2 is 2.04 bits per heavy atom. The van der Waals surface area contributed by atoms with Crippen molar-refractivity contribution < 1.29 is 4.79 Å². The fourth-order valence-electron chi connectivity index (χ4n) is 2.46. The molecule has 3 aromatic rings. The number of H-pyrrole nitrogens is 2. The lowest BCUT2D eigenvalue weighted by Gasteiger charge is -2.10. The summed E-state index contributed by atoms with van der Waals surface area (Å²) in [4.78, 5) is 38.8. The highest BCUT2D eigenvalue weighted by Gasteiger charge is 2.16. The van der Waals surface area contributed by atoms with Crippen molar-refractivity contribution in [2.24, 2.45) is 5.73 Å². The van der Waals surface area contributed by atoms with Crippen molar-refractivity contribution >= 4 is 17.7 Å². The van der Waals surface area contributed by atoms with E-state index in [0.717, 1.165) is 11.3 Å². The third kappa shape index (κ3) is 4.09. The number of carbonyl (C=O) groups is 1. The van der Waals surface area contributed by atoms with Crippen molar-refractivity contribution in [2.45, 2.75) is 18.5 Å². The molecule has 134 valence electrons. The van der Waals surface area contributed by atoms with E-state index in [9.17, 15) is 14.4 Å². The number of aromatic amines is 2. The Morgan fingerprint density at radius 1 is 1.23 bits per heavy atom. The summed E-state index contributed by atoms with van der Waals surface area (Å²) in [5.41, 5.74) is 6.40. The number of aryl methyl sites for hydroxylation is 1. The minimum absolute atomic E-state index is 0.0613. The number of benzene rings is 1. The molecule has 0 radical (unpaired) electrons. The van der Waals surface area contributed by atoms with Crippen molar-refractivity contribution in [3.63, 3.8) is 0 Å². The number of thioether (sulfide) groups is 1. The van der Waals surface area contributed by atoms with Gasteiger partial charge in [0.2, 0.25) is 5.91 Å². The molecule has 9 nitrogen and oxygen atoms in total. The van der Waals surface area contributed by atoms with Crippen molar-refractivity contribution in [1.29, 1.82) is 0 Å². The van der Waals surface area contributed by atoms with E-state index in [1.165, 1.54) is 17.8 Å². The molecule has 0 saturated carbocycles. The molecule has 1 amide bonds. The second-order valence-corrected chi connectivity index (χ2v) is 6.56. The van der Waals surface area contributed by atoms with Crippen LogP contribution in [-0.4, -0.2) is 36.4 Å². The highest BCUT2D eigenvalue weighted by Crippen LogP contribution is 2.23. The van der Waals surface area contributed by atoms with E-state index in [1.807, 2.05) is 31.2 Å². The van der Waals surface area contributed by atoms with Gasteiger partial charge in [0.15, 0.2) is 5.16 Å². The van der Waals surface area contributed by atoms with Gasteiger partial charge in [-0.3, -0.25) is 19.1 Å². The van der Waals surface area contributed by atoms with E-state index in [4.69, 9.17) is 5.73 Å². The molecule has 0 fully saturated rings. The van der Waals surface area contributed by atoms with Crippen LogP contribution in [0.5, 0.6) is 0 Å². The number of hydrogen-bond acceptors (Lipinski definition) is 6. The summed E-state index contributed by atoms with van der Waals surface area (Å²) < 4.78 is 1.78. The first-order valence-electron chi connectivity index (χ1n) is 7.67. The number of nitrogens with zero attached hydrogens (tertiary/aromatic N) is 3. The first kappa shape index (κ1) is 17.7. The van der Waals surface area contributed by atoms with Crippen molar-refractivity contribution in [3.8, 4) is 5.69 Å². The second kappa shape index (κ2) is 7.40. The molecule has 4 N–H and O–H groups in total. The Morgan fingerprint density at radius 3 is 2.73 bits per heavy atom. The van der Waals surface area contributed by atoms with Crippen LogP contribution in [0.15, 0.2) is 45.1 Å². The van der Waals surface area contributed by atoms with Gasteiger partial charge in [0, 0.05) is 23.9 Å². The molecular weight excluding hydrogens is 356 g/mol. The lowest BCUT2D eigenvalue weighted by Crippen LogP contribution is -2.23. The summed E-state index contributed by atoms with van der Waals surface area (Å²) in [7, 11) is 0. The molecule has 10 heteroatoms. The zero-order valence-electron chi connectivity index (χ0n) is 13.9. The highest BCUT2D eigenvalue weighted by atomic mass is 32.2. The van der Waals surface area contributed by atoms with Gasteiger partial charge in [-0.15, -0.1) is 10.2 Å². The maximum atomic E-state index is 11.5. The number of aromatic nitrogens is 5. The number of rotatable bonds is 6. The molecule has 1 aromatic carbocycles. The van der Waals surface area contributed by atoms with Crippen LogP contribution in [-0.2, 0) is 11.2 Å². The van der Waals surface area contributed by atoms with Gasteiger partial charge in [0.1, 0.15) is 5.82 Å². The highest BCUT2D eigenvalue weighted by molar-refractivity contribution is 7.99. The summed E-state index contributed by atoms with van der Waals surface area (Å²) in [6, 6.07) is 8.98. The molecule has 0 spiro atoms. The van der Waals surface area contributed by atoms with Crippen LogP contribution in [0.25, 0.3) is 5.69 Å². The molecule has 0 unspecified atom stereocenters. The third-order valence-corrected chi connectivity index (χ3v) is 4.42. The predicted octanol–water partition coefficient (Wildman–Crippen LogP) is 0.121. The van der Waals surface area contributed by atoms with Crippen LogP contribution in [0.1, 0.15) is 17.1 Å². The number of primary amides is 1. The normalized spacial score (nSPS) is 10.8. The van der Waals surface area contributed by atoms with Crippen LogP contribution in [0.2, 0.25) is 0 Å². The SMILES string of the molecule is Cc1cccc(-n2c(Cc3cc(=O)[nH]c(=O)[nH]3)nnc2SCC(N)=O)c1. The van der Waals surface area contributed by atoms with Gasteiger partial charge in [-0.05, 0) is 24.6 Å². The lowest BCUT2D eigenvalue weighted by molar-refractivity contribution is -0.115. The molecule has 0 aliphatic carbocycles. The molecule has 0 aliphatic heterocycles. The standard InChI is InChI=1S/C16H16N6O3S/c1-9-3-2-4-11(5-9)22-13(20-21-16(22)26-8-12(17)23)6-10-7-14(24)19-15(25)18-10/h2-5,7H,6,8H2,1H3,(H2,17,23)(H2,18,19,24,25). The van der Waals surface area contributed by atoms with Crippen LogP contribution < -0.4 is 17.0 Å². The van der Waals surface area contributed by atoms with E-state index in [0.29, 0.717) is 16.7 Å². The molecule has 26 heavy (non-hydrogen) atoms. The molecule has 0 bridgehead atoms. The minimum atomic E-state index is -0.586. The number of carbonyl (C=O) groups excluding carboxylic acids is 1. The maximum absolute atomic E-state index is 11.5. The van der Waals surface area contributed by atoms with Gasteiger partial charge in [-0.25, -0.2) is 4.79 Å². The molecular formula is C16H16N6O3S. The molecule has 2 aromatic heterocycles. The molecule has 0 aliphatic rings. The number of nitrogens with two attached hydrogens (primary N) is 1. The fraction of sp³-hybridized carbons (Fsp3) is 0.188. The van der Waals surface area contributed by atoms with Crippen molar-refractivity contribution in [3.05, 3.63) is 68.3 Å². The maximum Gasteiger partial charge on any atom is 0.325 e. The Bertz CT molecular complexity index is 1040. The number of hydrogen-bond donors (Lipinski definition) is 3. The minimum Gasteiger partial charge on any atom is -0.369 e. The van der Waals surface area contributed by atoms with Crippen LogP contribution >= 0.6 is 11.8 Å². The van der Waals surface area contributed by atoms with E-state index < -0.39 is 17.2 Å². The topological polar surface area (TPSA) is 140 Å². The predicted molar refractivity (Wildman–Crippen MR) is 96.5 cm³/mol. The zero-order chi connectivity index (χ0) is 18.7. The first-order chi connectivity index (χ1) is 12.4. The molecule has 3 rings (SSSR count). The van der Waals surface area contributed by atoms with Gasteiger partial charge in [0.25, 0.3) is 5.56 Å². The smallest absolute Gasteiger partial charge is 0.325 e. The Balaban J connectivity index is 2.05.